The van der Waals surface area contributed by atoms with Crippen molar-refractivity contribution in [2.24, 2.45) is 0 Å². The first-order valence-corrected chi connectivity index (χ1v) is 7.51. The lowest BCUT2D eigenvalue weighted by atomic mass is 9.95. The monoisotopic (exact) mass is 332 g/mol. The molecule has 0 saturated carbocycles. The molecule has 1 atom stereocenters. The lowest BCUT2D eigenvalue weighted by Crippen LogP contribution is -2.36. The first kappa shape index (κ1) is 14.1. The summed E-state index contributed by atoms with van der Waals surface area (Å²) >= 11 is 6.08. The molecule has 0 spiro atoms. The Hall–Kier alpha value is -2.51. The van der Waals surface area contributed by atoms with Crippen LogP contribution in [-0.4, -0.2) is 26.6 Å². The minimum atomic E-state index is -0.740. The summed E-state index contributed by atoms with van der Waals surface area (Å²) in [5.41, 5.74) is 1.48. The zero-order valence-electron chi connectivity index (χ0n) is 11.9. The van der Waals surface area contributed by atoms with E-state index in [0.717, 1.165) is 28.6 Å². The maximum atomic E-state index is 12.1. The highest BCUT2D eigenvalue weighted by atomic mass is 35.5. The third-order valence-electron chi connectivity index (χ3n) is 4.16. The van der Waals surface area contributed by atoms with Gasteiger partial charge in [-0.25, -0.2) is 4.79 Å². The van der Waals surface area contributed by atoms with Crippen LogP contribution in [0.3, 0.4) is 0 Å². The number of benzene rings is 1. The number of halogens is 1. The number of hydrogen-bond acceptors (Lipinski definition) is 4. The Bertz CT molecular complexity index is 1030. The Kier molecular flexibility index (Phi) is 3.07. The number of aromatic amines is 3. The van der Waals surface area contributed by atoms with E-state index in [1.54, 1.807) is 6.07 Å². The highest BCUT2D eigenvalue weighted by Gasteiger charge is 2.29. The summed E-state index contributed by atoms with van der Waals surface area (Å²) in [5.74, 6) is -0.430. The van der Waals surface area contributed by atoms with Gasteiger partial charge in [0.1, 0.15) is 5.56 Å². The largest absolute Gasteiger partial charge is 0.494 e. The summed E-state index contributed by atoms with van der Waals surface area (Å²) < 4.78 is 0. The van der Waals surface area contributed by atoms with E-state index in [9.17, 15) is 14.7 Å². The van der Waals surface area contributed by atoms with Crippen molar-refractivity contribution in [2.75, 3.05) is 6.54 Å². The van der Waals surface area contributed by atoms with E-state index in [1.165, 1.54) is 0 Å². The van der Waals surface area contributed by atoms with Crippen molar-refractivity contribution < 1.29 is 5.11 Å². The van der Waals surface area contributed by atoms with Gasteiger partial charge in [0.2, 0.25) is 5.88 Å². The molecule has 8 heteroatoms. The van der Waals surface area contributed by atoms with Gasteiger partial charge in [0.15, 0.2) is 0 Å². The summed E-state index contributed by atoms with van der Waals surface area (Å²) in [6, 6.07) is 5.01. The molecule has 3 heterocycles. The summed E-state index contributed by atoms with van der Waals surface area (Å²) in [6.45, 7) is 0.634. The van der Waals surface area contributed by atoms with Crippen LogP contribution in [0.25, 0.3) is 10.9 Å². The molecule has 2 aromatic heterocycles. The van der Waals surface area contributed by atoms with Crippen LogP contribution < -0.4 is 16.6 Å². The smallest absolute Gasteiger partial charge is 0.328 e. The highest BCUT2D eigenvalue weighted by Crippen LogP contribution is 2.35. The standard InChI is InChI=1S/C15H13ClN4O3/c16-6-1-2-9-8(5-6)7-3-4-17-12(11(7)18-9)10-13(21)19-15(23)20-14(10)22/h1-2,5,12,17-18H,3-4H2,(H3,19,20,21,22,23). The summed E-state index contributed by atoms with van der Waals surface area (Å²) in [5, 5.41) is 14.9. The van der Waals surface area contributed by atoms with Crippen LogP contribution in [0, 0.1) is 0 Å². The summed E-state index contributed by atoms with van der Waals surface area (Å²) in [7, 11) is 0. The van der Waals surface area contributed by atoms with Gasteiger partial charge in [0, 0.05) is 28.2 Å². The molecule has 0 radical (unpaired) electrons. The molecule has 1 aliphatic heterocycles. The molecule has 3 aromatic rings. The fourth-order valence-electron chi connectivity index (χ4n) is 3.20. The van der Waals surface area contributed by atoms with Gasteiger partial charge >= 0.3 is 5.69 Å². The van der Waals surface area contributed by atoms with Crippen LogP contribution in [-0.2, 0) is 6.42 Å². The predicted octanol–water partition coefficient (Wildman–Crippen LogP) is 1.14. The number of rotatable bonds is 1. The number of hydrogen-bond donors (Lipinski definition) is 5. The summed E-state index contributed by atoms with van der Waals surface area (Å²) in [4.78, 5) is 31.0. The quantitative estimate of drug-likeness (QED) is 0.460. The molecule has 0 saturated heterocycles. The SMILES string of the molecule is O=c1[nH]c(O)c(C2NCCc3c2[nH]c2ccc(Cl)cc32)c(=O)[nH]1. The molecular weight excluding hydrogens is 320 g/mol. The first-order chi connectivity index (χ1) is 11.0. The maximum Gasteiger partial charge on any atom is 0.328 e. The third-order valence-corrected chi connectivity index (χ3v) is 4.40. The fourth-order valence-corrected chi connectivity index (χ4v) is 3.37. The average Bonchev–Trinajstić information content (AvgIpc) is 2.85. The van der Waals surface area contributed by atoms with Crippen molar-refractivity contribution >= 4 is 22.5 Å². The molecular formula is C15H13ClN4O3. The zero-order valence-corrected chi connectivity index (χ0v) is 12.6. The lowest BCUT2D eigenvalue weighted by Gasteiger charge is -2.24. The zero-order chi connectivity index (χ0) is 16.1. The van der Waals surface area contributed by atoms with Crippen LogP contribution in [0.5, 0.6) is 5.88 Å². The minimum Gasteiger partial charge on any atom is -0.494 e. The molecule has 5 N–H and O–H groups in total. The number of fused-ring (bicyclic) bond motifs is 3. The molecule has 1 unspecified atom stereocenters. The highest BCUT2D eigenvalue weighted by molar-refractivity contribution is 6.31. The third kappa shape index (κ3) is 2.16. The van der Waals surface area contributed by atoms with Crippen molar-refractivity contribution in [3.8, 4) is 5.88 Å². The molecule has 4 rings (SSSR count). The molecule has 1 aromatic carbocycles. The predicted molar refractivity (Wildman–Crippen MR) is 86.2 cm³/mol. The van der Waals surface area contributed by atoms with Crippen molar-refractivity contribution in [3.05, 3.63) is 60.9 Å². The van der Waals surface area contributed by atoms with Gasteiger partial charge in [-0.3, -0.25) is 14.8 Å². The van der Waals surface area contributed by atoms with Crippen molar-refractivity contribution in [1.82, 2.24) is 20.3 Å². The van der Waals surface area contributed by atoms with Gasteiger partial charge in [-0.05, 0) is 30.2 Å². The van der Waals surface area contributed by atoms with Crippen molar-refractivity contribution in [1.29, 1.82) is 0 Å². The van der Waals surface area contributed by atoms with E-state index in [-0.39, 0.29) is 5.56 Å². The second-order valence-corrected chi connectivity index (χ2v) is 5.95. The van der Waals surface area contributed by atoms with Crippen molar-refractivity contribution in [2.45, 2.75) is 12.5 Å². The second kappa shape index (κ2) is 5.00. The van der Waals surface area contributed by atoms with Gasteiger partial charge in [0.05, 0.1) is 6.04 Å². The van der Waals surface area contributed by atoms with E-state index >= 15 is 0 Å². The van der Waals surface area contributed by atoms with Crippen LogP contribution in [0.4, 0.5) is 0 Å². The Morgan fingerprint density at radius 2 is 2.00 bits per heavy atom. The molecule has 0 aliphatic carbocycles. The molecule has 1 aliphatic rings. The number of aromatic hydroxyl groups is 1. The van der Waals surface area contributed by atoms with E-state index in [1.807, 2.05) is 12.1 Å². The lowest BCUT2D eigenvalue weighted by molar-refractivity contribution is 0.425. The van der Waals surface area contributed by atoms with Gasteiger partial charge in [-0.15, -0.1) is 0 Å². The minimum absolute atomic E-state index is 0.0863. The van der Waals surface area contributed by atoms with Gasteiger partial charge < -0.3 is 15.4 Å². The average molecular weight is 333 g/mol. The molecule has 118 valence electrons. The van der Waals surface area contributed by atoms with E-state index < -0.39 is 23.2 Å². The molecule has 7 nitrogen and oxygen atoms in total. The Labute approximate surface area is 134 Å². The Morgan fingerprint density at radius 3 is 2.78 bits per heavy atom. The fraction of sp³-hybridized carbons (Fsp3) is 0.200. The van der Waals surface area contributed by atoms with Crippen LogP contribution in [0.2, 0.25) is 5.02 Å². The van der Waals surface area contributed by atoms with Crippen LogP contribution in [0.15, 0.2) is 27.8 Å². The van der Waals surface area contributed by atoms with E-state index in [0.29, 0.717) is 11.6 Å². The van der Waals surface area contributed by atoms with Gasteiger partial charge in [-0.1, -0.05) is 11.6 Å². The molecule has 0 amide bonds. The van der Waals surface area contributed by atoms with Gasteiger partial charge in [0.25, 0.3) is 5.56 Å². The summed E-state index contributed by atoms with van der Waals surface area (Å²) in [6.07, 6.45) is 0.772. The maximum absolute atomic E-state index is 12.1. The van der Waals surface area contributed by atoms with Crippen LogP contribution in [0.1, 0.15) is 22.9 Å². The topological polar surface area (TPSA) is 114 Å². The number of H-pyrrole nitrogens is 3. The van der Waals surface area contributed by atoms with Crippen LogP contribution >= 0.6 is 11.6 Å². The van der Waals surface area contributed by atoms with Crippen molar-refractivity contribution in [3.63, 3.8) is 0 Å². The Balaban J connectivity index is 1.97. The normalized spacial score (nSPS) is 17.3. The molecule has 0 bridgehead atoms. The molecule has 0 fully saturated rings. The number of nitrogens with one attached hydrogen (secondary N) is 4. The molecule has 23 heavy (non-hydrogen) atoms. The van der Waals surface area contributed by atoms with E-state index in [2.05, 4.69) is 20.3 Å². The second-order valence-electron chi connectivity index (χ2n) is 5.51. The van der Waals surface area contributed by atoms with Gasteiger partial charge in [-0.2, -0.15) is 0 Å². The Morgan fingerprint density at radius 1 is 1.17 bits per heavy atom. The first-order valence-electron chi connectivity index (χ1n) is 7.13. The van der Waals surface area contributed by atoms with E-state index in [4.69, 9.17) is 11.6 Å². The number of aromatic nitrogens is 3.